The van der Waals surface area contributed by atoms with Gasteiger partial charge in [-0.05, 0) is 47.6 Å². The molecule has 230 valence electrons. The smallest absolute Gasteiger partial charge is 0.244 e. The van der Waals surface area contributed by atoms with Gasteiger partial charge in [0.05, 0.1) is 11.9 Å². The van der Waals surface area contributed by atoms with Gasteiger partial charge in [-0.15, -0.1) is 0 Å². The van der Waals surface area contributed by atoms with Gasteiger partial charge in [0.1, 0.15) is 18.4 Å². The van der Waals surface area contributed by atoms with Gasteiger partial charge in [-0.1, -0.05) is 98.1 Å². The molecule has 0 radical (unpaired) electrons. The lowest BCUT2D eigenvalue weighted by atomic mass is 9.94. The van der Waals surface area contributed by atoms with Crippen LogP contribution in [0.2, 0.25) is 0 Å². The van der Waals surface area contributed by atoms with E-state index in [0.29, 0.717) is 16.6 Å². The third kappa shape index (κ3) is 7.82. The number of amides is 2. The molecule has 9 heteroatoms. The van der Waals surface area contributed by atoms with Gasteiger partial charge < -0.3 is 10.2 Å². The van der Waals surface area contributed by atoms with E-state index in [9.17, 15) is 22.4 Å². The van der Waals surface area contributed by atoms with Crippen molar-refractivity contribution in [3.8, 4) is 0 Å². The molecular formula is C35H38FN3O4S. The van der Waals surface area contributed by atoms with Gasteiger partial charge in [0.25, 0.3) is 0 Å². The lowest BCUT2D eigenvalue weighted by molar-refractivity contribution is -0.140. The first-order valence-electron chi connectivity index (χ1n) is 15.0. The molecule has 1 aliphatic rings. The highest BCUT2D eigenvalue weighted by Crippen LogP contribution is 2.29. The molecule has 7 nitrogen and oxygen atoms in total. The van der Waals surface area contributed by atoms with Crippen LogP contribution in [0.5, 0.6) is 0 Å². The highest BCUT2D eigenvalue weighted by molar-refractivity contribution is 7.92. The number of nitrogens with one attached hydrogen (secondary N) is 1. The van der Waals surface area contributed by atoms with E-state index in [1.165, 1.54) is 17.0 Å². The van der Waals surface area contributed by atoms with E-state index in [1.54, 1.807) is 24.3 Å². The van der Waals surface area contributed by atoms with E-state index < -0.39 is 34.3 Å². The van der Waals surface area contributed by atoms with Crippen LogP contribution in [0.4, 0.5) is 10.1 Å². The molecule has 0 saturated heterocycles. The molecule has 2 amide bonds. The molecule has 0 heterocycles. The number of fused-ring (bicyclic) bond motifs is 1. The fraction of sp³-hybridized carbons (Fsp3) is 0.314. The fourth-order valence-corrected chi connectivity index (χ4v) is 6.77. The summed E-state index contributed by atoms with van der Waals surface area (Å²) in [7, 11) is -3.91. The zero-order chi connectivity index (χ0) is 31.1. The van der Waals surface area contributed by atoms with E-state index in [1.807, 2.05) is 60.7 Å². The number of benzene rings is 4. The molecule has 0 unspecified atom stereocenters. The number of carbonyl (C=O) groups excluding carboxylic acids is 2. The highest BCUT2D eigenvalue weighted by atomic mass is 32.2. The average Bonchev–Trinajstić information content (AvgIpc) is 3.02. The molecule has 0 spiro atoms. The van der Waals surface area contributed by atoms with Crippen LogP contribution in [0.25, 0.3) is 10.8 Å². The number of nitrogens with zero attached hydrogens (tertiary/aromatic N) is 2. The quantitative estimate of drug-likeness (QED) is 0.230. The Morgan fingerprint density at radius 1 is 0.841 bits per heavy atom. The number of carbonyl (C=O) groups is 2. The van der Waals surface area contributed by atoms with Crippen molar-refractivity contribution in [2.75, 3.05) is 17.1 Å². The Bertz CT molecular complexity index is 1690. The number of halogens is 1. The summed E-state index contributed by atoms with van der Waals surface area (Å²) in [5.74, 6) is -1.23. The van der Waals surface area contributed by atoms with E-state index in [0.717, 1.165) is 53.6 Å². The molecule has 1 fully saturated rings. The molecule has 0 bridgehead atoms. The van der Waals surface area contributed by atoms with E-state index in [-0.39, 0.29) is 24.9 Å². The summed E-state index contributed by atoms with van der Waals surface area (Å²) >= 11 is 0. The lowest BCUT2D eigenvalue weighted by Gasteiger charge is -2.35. The standard InChI is InChI=1S/C35H38FN3O4S/c1-44(42,43)39(32-18-10-14-28-13-8-9-17-31(28)32)25-34(40)38(24-27-19-21-29(36)22-20-27)33(23-26-11-4-2-5-12-26)35(41)37-30-15-6-3-7-16-30/h2,4-5,8-14,17-22,30,33H,3,6-7,15-16,23-25H2,1H3,(H,37,41)/t33-/m1/s1. The Hall–Kier alpha value is -4.24. The first-order chi connectivity index (χ1) is 21.2. The van der Waals surface area contributed by atoms with Gasteiger partial charge in [0.2, 0.25) is 21.8 Å². The molecule has 0 aliphatic heterocycles. The molecule has 1 N–H and O–H groups in total. The predicted molar refractivity (Wildman–Crippen MR) is 172 cm³/mol. The average molecular weight is 616 g/mol. The molecule has 1 atom stereocenters. The maximum atomic E-state index is 14.4. The maximum absolute atomic E-state index is 14.4. The number of hydrogen-bond donors (Lipinski definition) is 1. The molecule has 4 aromatic carbocycles. The van der Waals surface area contributed by atoms with Crippen LogP contribution < -0.4 is 9.62 Å². The van der Waals surface area contributed by atoms with E-state index in [2.05, 4.69) is 5.32 Å². The van der Waals surface area contributed by atoms with Crippen molar-refractivity contribution in [3.63, 3.8) is 0 Å². The Morgan fingerprint density at radius 3 is 2.20 bits per heavy atom. The number of hydrogen-bond acceptors (Lipinski definition) is 4. The Morgan fingerprint density at radius 2 is 1.50 bits per heavy atom. The van der Waals surface area contributed by atoms with Gasteiger partial charge >= 0.3 is 0 Å². The number of sulfonamides is 1. The largest absolute Gasteiger partial charge is 0.352 e. The number of rotatable bonds is 11. The summed E-state index contributed by atoms with van der Waals surface area (Å²) in [5, 5.41) is 4.71. The van der Waals surface area contributed by atoms with E-state index >= 15 is 0 Å². The van der Waals surface area contributed by atoms with Crippen molar-refractivity contribution >= 4 is 38.3 Å². The van der Waals surface area contributed by atoms with Gasteiger partial charge in [-0.2, -0.15) is 0 Å². The summed E-state index contributed by atoms with van der Waals surface area (Å²) in [6, 6.07) is 27.0. The van der Waals surface area contributed by atoms with Crippen molar-refractivity contribution in [2.24, 2.45) is 0 Å². The normalized spacial score (nSPS) is 14.6. The van der Waals surface area contributed by atoms with Crippen LogP contribution >= 0.6 is 0 Å². The van der Waals surface area contributed by atoms with Crippen LogP contribution in [0, 0.1) is 5.82 Å². The second kappa shape index (κ2) is 14.0. The minimum Gasteiger partial charge on any atom is -0.352 e. The molecule has 4 aromatic rings. The third-order valence-corrected chi connectivity index (χ3v) is 9.33. The molecule has 1 aliphatic carbocycles. The van der Waals surface area contributed by atoms with Crippen LogP contribution in [-0.4, -0.2) is 50.0 Å². The van der Waals surface area contributed by atoms with Crippen molar-refractivity contribution in [3.05, 3.63) is 114 Å². The minimum atomic E-state index is -3.91. The molecule has 0 aromatic heterocycles. The van der Waals surface area contributed by atoms with Gasteiger partial charge in [-0.25, -0.2) is 12.8 Å². The van der Waals surface area contributed by atoms with Gasteiger partial charge in [0.15, 0.2) is 0 Å². The molecular weight excluding hydrogens is 577 g/mol. The zero-order valence-electron chi connectivity index (χ0n) is 24.9. The monoisotopic (exact) mass is 615 g/mol. The topological polar surface area (TPSA) is 86.8 Å². The van der Waals surface area contributed by atoms with E-state index in [4.69, 9.17) is 0 Å². The molecule has 5 rings (SSSR count). The molecule has 1 saturated carbocycles. The third-order valence-electron chi connectivity index (χ3n) is 8.20. The summed E-state index contributed by atoms with van der Waals surface area (Å²) < 4.78 is 41.4. The van der Waals surface area contributed by atoms with Crippen molar-refractivity contribution < 1.29 is 22.4 Å². The first kappa shape index (κ1) is 31.2. The molecule has 44 heavy (non-hydrogen) atoms. The minimum absolute atomic E-state index is 0.00182. The Balaban J connectivity index is 1.54. The van der Waals surface area contributed by atoms with Crippen molar-refractivity contribution in [1.82, 2.24) is 10.2 Å². The number of anilines is 1. The zero-order valence-corrected chi connectivity index (χ0v) is 25.7. The highest BCUT2D eigenvalue weighted by Gasteiger charge is 2.34. The fourth-order valence-electron chi connectivity index (χ4n) is 5.91. The maximum Gasteiger partial charge on any atom is 0.244 e. The van der Waals surface area contributed by atoms with Gasteiger partial charge in [-0.3, -0.25) is 13.9 Å². The van der Waals surface area contributed by atoms with Crippen LogP contribution in [0.3, 0.4) is 0 Å². The van der Waals surface area contributed by atoms with Crippen LogP contribution in [0.15, 0.2) is 97.1 Å². The van der Waals surface area contributed by atoms with Crippen LogP contribution in [0.1, 0.15) is 43.2 Å². The van der Waals surface area contributed by atoms with Gasteiger partial charge in [0, 0.05) is 24.4 Å². The predicted octanol–water partition coefficient (Wildman–Crippen LogP) is 5.83. The Labute approximate surface area is 258 Å². The summed E-state index contributed by atoms with van der Waals surface area (Å²) in [5.41, 5.74) is 1.87. The van der Waals surface area contributed by atoms with Crippen molar-refractivity contribution in [2.45, 2.75) is 57.2 Å². The summed E-state index contributed by atoms with van der Waals surface area (Å²) in [6.45, 7) is -0.502. The Kier molecular flexibility index (Phi) is 9.95. The summed E-state index contributed by atoms with van der Waals surface area (Å²) in [4.78, 5) is 29.9. The second-order valence-electron chi connectivity index (χ2n) is 11.5. The summed E-state index contributed by atoms with van der Waals surface area (Å²) in [6.07, 6.45) is 6.24. The lowest BCUT2D eigenvalue weighted by Crippen LogP contribution is -2.55. The first-order valence-corrected chi connectivity index (χ1v) is 16.9. The second-order valence-corrected chi connectivity index (χ2v) is 13.4. The van der Waals surface area contributed by atoms with Crippen LogP contribution in [-0.2, 0) is 32.6 Å². The SMILES string of the molecule is CS(=O)(=O)N(CC(=O)N(Cc1ccc(F)cc1)[C@H](Cc1ccccc1)C(=O)NC1CCCCC1)c1cccc2ccccc12. The van der Waals surface area contributed by atoms with Crippen molar-refractivity contribution in [1.29, 1.82) is 0 Å².